The molecule has 0 aliphatic carbocycles. The fourth-order valence-corrected chi connectivity index (χ4v) is 3.37. The first-order valence-corrected chi connectivity index (χ1v) is 8.95. The molecule has 2 heterocycles. The second-order valence-electron chi connectivity index (χ2n) is 6.63. The SMILES string of the molecule is NCc1ccccc1O[C@@H]1O[C@@H]2CO[C@@H](c3ccccc3)O[C@H]2[C@H](O)[C@H]1O. The molecule has 0 spiro atoms. The van der Waals surface area contributed by atoms with Crippen LogP contribution >= 0.6 is 0 Å². The summed E-state index contributed by atoms with van der Waals surface area (Å²) in [5.41, 5.74) is 7.34. The van der Waals surface area contributed by atoms with E-state index in [1.54, 1.807) is 12.1 Å². The number of rotatable bonds is 4. The smallest absolute Gasteiger partial charge is 0.229 e. The topological polar surface area (TPSA) is 103 Å². The highest BCUT2D eigenvalue weighted by molar-refractivity contribution is 5.33. The van der Waals surface area contributed by atoms with Crippen molar-refractivity contribution in [2.45, 2.75) is 43.5 Å². The molecule has 0 radical (unpaired) electrons. The molecule has 6 atom stereocenters. The first-order chi connectivity index (χ1) is 13.2. The van der Waals surface area contributed by atoms with Crippen molar-refractivity contribution < 1.29 is 29.2 Å². The Labute approximate surface area is 157 Å². The fourth-order valence-electron chi connectivity index (χ4n) is 3.37. The monoisotopic (exact) mass is 373 g/mol. The van der Waals surface area contributed by atoms with Crippen LogP contribution in [0.25, 0.3) is 0 Å². The van der Waals surface area contributed by atoms with Crippen molar-refractivity contribution in [1.29, 1.82) is 0 Å². The summed E-state index contributed by atoms with van der Waals surface area (Å²) in [6, 6.07) is 16.7. The second-order valence-corrected chi connectivity index (χ2v) is 6.63. The fraction of sp³-hybridized carbons (Fsp3) is 0.400. The maximum absolute atomic E-state index is 10.6. The molecule has 0 unspecified atom stereocenters. The van der Waals surface area contributed by atoms with E-state index in [1.165, 1.54) is 0 Å². The first-order valence-electron chi connectivity index (χ1n) is 8.95. The van der Waals surface area contributed by atoms with Gasteiger partial charge in [0.15, 0.2) is 6.29 Å². The van der Waals surface area contributed by atoms with Crippen LogP contribution in [0.1, 0.15) is 17.4 Å². The number of hydrogen-bond acceptors (Lipinski definition) is 7. The number of para-hydroxylation sites is 1. The zero-order chi connectivity index (χ0) is 18.8. The molecule has 4 rings (SSSR count). The Bertz CT molecular complexity index is 755. The summed E-state index contributed by atoms with van der Waals surface area (Å²) in [5, 5.41) is 21.1. The average Bonchev–Trinajstić information content (AvgIpc) is 2.72. The number of aliphatic hydroxyl groups excluding tert-OH is 2. The predicted octanol–water partition coefficient (Wildman–Crippen LogP) is 1.08. The maximum Gasteiger partial charge on any atom is 0.229 e. The van der Waals surface area contributed by atoms with Gasteiger partial charge in [-0.25, -0.2) is 0 Å². The van der Waals surface area contributed by atoms with E-state index in [-0.39, 0.29) is 6.61 Å². The van der Waals surface area contributed by atoms with Gasteiger partial charge in [-0.2, -0.15) is 0 Å². The van der Waals surface area contributed by atoms with Crippen molar-refractivity contribution in [1.82, 2.24) is 0 Å². The molecular formula is C20H23NO6. The quantitative estimate of drug-likeness (QED) is 0.737. The highest BCUT2D eigenvalue weighted by Gasteiger charge is 2.49. The second kappa shape index (κ2) is 7.93. The van der Waals surface area contributed by atoms with Crippen LogP contribution in [-0.2, 0) is 20.8 Å². The molecule has 144 valence electrons. The minimum absolute atomic E-state index is 0.215. The van der Waals surface area contributed by atoms with Crippen molar-refractivity contribution in [3.63, 3.8) is 0 Å². The Morgan fingerprint density at radius 3 is 2.48 bits per heavy atom. The van der Waals surface area contributed by atoms with Gasteiger partial charge in [0.2, 0.25) is 6.29 Å². The lowest BCUT2D eigenvalue weighted by molar-refractivity contribution is -0.350. The number of benzene rings is 2. The van der Waals surface area contributed by atoms with Crippen LogP contribution in [0.4, 0.5) is 0 Å². The molecule has 2 aliphatic heterocycles. The standard InChI is InChI=1S/C20H23NO6/c21-10-13-8-4-5-9-14(13)25-20-17(23)16(22)18-15(26-20)11-24-19(27-18)12-6-2-1-3-7-12/h1-9,15-20,22-23H,10-11,21H2/t15-,16-,17-,18-,19-,20-/m1/s1. The lowest BCUT2D eigenvalue weighted by atomic mass is 9.98. The summed E-state index contributed by atoms with van der Waals surface area (Å²) in [4.78, 5) is 0. The van der Waals surface area contributed by atoms with Crippen LogP contribution in [0.3, 0.4) is 0 Å². The number of nitrogens with two attached hydrogens (primary N) is 1. The Morgan fingerprint density at radius 2 is 1.70 bits per heavy atom. The zero-order valence-corrected chi connectivity index (χ0v) is 14.7. The Hall–Kier alpha value is -2.00. The van der Waals surface area contributed by atoms with Crippen LogP contribution in [0, 0.1) is 0 Å². The van der Waals surface area contributed by atoms with E-state index in [0.717, 1.165) is 11.1 Å². The Balaban J connectivity index is 1.47. The van der Waals surface area contributed by atoms with Crippen molar-refractivity contribution in [2.24, 2.45) is 5.73 Å². The number of fused-ring (bicyclic) bond motifs is 1. The van der Waals surface area contributed by atoms with E-state index in [1.807, 2.05) is 42.5 Å². The van der Waals surface area contributed by atoms with E-state index in [4.69, 9.17) is 24.7 Å². The summed E-state index contributed by atoms with van der Waals surface area (Å²) in [6.07, 6.45) is -5.38. The molecule has 7 nitrogen and oxygen atoms in total. The molecule has 4 N–H and O–H groups in total. The van der Waals surface area contributed by atoms with Crippen LogP contribution in [-0.4, -0.2) is 47.5 Å². The van der Waals surface area contributed by atoms with Gasteiger partial charge < -0.3 is 34.9 Å². The van der Waals surface area contributed by atoms with Crippen molar-refractivity contribution in [3.05, 3.63) is 65.7 Å². The van der Waals surface area contributed by atoms with Gasteiger partial charge in [0.25, 0.3) is 0 Å². The van der Waals surface area contributed by atoms with Gasteiger partial charge in [0.05, 0.1) is 6.61 Å². The van der Waals surface area contributed by atoms with E-state index < -0.39 is 37.0 Å². The molecule has 0 aromatic heterocycles. The highest BCUT2D eigenvalue weighted by atomic mass is 16.8. The Kier molecular flexibility index (Phi) is 5.40. The van der Waals surface area contributed by atoms with E-state index in [0.29, 0.717) is 12.3 Å². The molecule has 0 bridgehead atoms. The summed E-state index contributed by atoms with van der Waals surface area (Å²) >= 11 is 0. The average molecular weight is 373 g/mol. The van der Waals surface area contributed by atoms with Crippen LogP contribution in [0.5, 0.6) is 5.75 Å². The molecule has 2 aliphatic rings. The zero-order valence-electron chi connectivity index (χ0n) is 14.7. The molecule has 7 heteroatoms. The van der Waals surface area contributed by atoms with E-state index in [2.05, 4.69) is 0 Å². The molecule has 2 aromatic rings. The maximum atomic E-state index is 10.6. The van der Waals surface area contributed by atoms with Gasteiger partial charge in [0, 0.05) is 17.7 Å². The van der Waals surface area contributed by atoms with Crippen LogP contribution in [0.2, 0.25) is 0 Å². The highest BCUT2D eigenvalue weighted by Crippen LogP contribution is 2.35. The van der Waals surface area contributed by atoms with Crippen LogP contribution < -0.4 is 10.5 Å². The molecule has 2 saturated heterocycles. The van der Waals surface area contributed by atoms with Crippen molar-refractivity contribution in [3.8, 4) is 5.75 Å². The van der Waals surface area contributed by atoms with Gasteiger partial charge in [-0.05, 0) is 6.07 Å². The third-order valence-electron chi connectivity index (χ3n) is 4.84. The first kappa shape index (κ1) is 18.4. The molecule has 2 aromatic carbocycles. The van der Waals surface area contributed by atoms with E-state index >= 15 is 0 Å². The number of ether oxygens (including phenoxy) is 4. The Morgan fingerprint density at radius 1 is 0.963 bits per heavy atom. The molecular weight excluding hydrogens is 350 g/mol. The minimum atomic E-state index is -1.27. The number of hydrogen-bond donors (Lipinski definition) is 3. The summed E-state index contributed by atoms with van der Waals surface area (Å²) in [7, 11) is 0. The minimum Gasteiger partial charge on any atom is -0.462 e. The number of aliphatic hydroxyl groups is 2. The van der Waals surface area contributed by atoms with Gasteiger partial charge in [-0.3, -0.25) is 0 Å². The van der Waals surface area contributed by atoms with Gasteiger partial charge in [-0.15, -0.1) is 0 Å². The third kappa shape index (κ3) is 3.70. The van der Waals surface area contributed by atoms with Crippen molar-refractivity contribution >= 4 is 0 Å². The van der Waals surface area contributed by atoms with Crippen LogP contribution in [0.15, 0.2) is 54.6 Å². The van der Waals surface area contributed by atoms with Gasteiger partial charge in [0.1, 0.15) is 30.2 Å². The third-order valence-corrected chi connectivity index (χ3v) is 4.84. The van der Waals surface area contributed by atoms with E-state index in [9.17, 15) is 10.2 Å². The molecule has 0 amide bonds. The molecule has 27 heavy (non-hydrogen) atoms. The van der Waals surface area contributed by atoms with Gasteiger partial charge in [-0.1, -0.05) is 48.5 Å². The predicted molar refractivity (Wildman–Crippen MR) is 95.6 cm³/mol. The summed E-state index contributed by atoms with van der Waals surface area (Å²) in [5.74, 6) is 0.509. The largest absolute Gasteiger partial charge is 0.462 e. The molecule has 2 fully saturated rings. The lowest BCUT2D eigenvalue weighted by Gasteiger charge is -2.46. The summed E-state index contributed by atoms with van der Waals surface area (Å²) < 4.78 is 23.2. The normalized spacial score (nSPS) is 33.3. The lowest BCUT2D eigenvalue weighted by Crippen LogP contribution is -2.62. The summed E-state index contributed by atoms with van der Waals surface area (Å²) in [6.45, 7) is 0.505. The van der Waals surface area contributed by atoms with Crippen molar-refractivity contribution in [2.75, 3.05) is 6.61 Å². The molecule has 0 saturated carbocycles. The van der Waals surface area contributed by atoms with Gasteiger partial charge >= 0.3 is 0 Å².